The van der Waals surface area contributed by atoms with Crippen molar-refractivity contribution < 1.29 is 9.59 Å². The van der Waals surface area contributed by atoms with E-state index in [1.165, 1.54) is 11.1 Å². The van der Waals surface area contributed by atoms with Crippen LogP contribution in [0.2, 0.25) is 0 Å². The highest BCUT2D eigenvalue weighted by atomic mass is 16.2. The van der Waals surface area contributed by atoms with Gasteiger partial charge in [0.25, 0.3) is 0 Å². The number of allylic oxidation sites excluding steroid dienone is 6. The zero-order valence-electron chi connectivity index (χ0n) is 22.6. The van der Waals surface area contributed by atoms with Crippen molar-refractivity contribution in [1.82, 2.24) is 10.6 Å². The van der Waals surface area contributed by atoms with E-state index in [4.69, 9.17) is 0 Å². The molecule has 37 heavy (non-hydrogen) atoms. The molecule has 0 spiro atoms. The Morgan fingerprint density at radius 1 is 0.622 bits per heavy atom. The lowest BCUT2D eigenvalue weighted by Crippen LogP contribution is -2.21. The van der Waals surface area contributed by atoms with E-state index >= 15 is 0 Å². The van der Waals surface area contributed by atoms with Gasteiger partial charge in [-0.2, -0.15) is 0 Å². The Kier molecular flexibility index (Phi) is 19.3. The predicted octanol–water partition coefficient (Wildman–Crippen LogP) is 6.91. The Hall–Kier alpha value is -3.66. The highest BCUT2D eigenvalue weighted by Gasteiger charge is 1.92. The van der Waals surface area contributed by atoms with Crippen molar-refractivity contribution in [1.29, 1.82) is 0 Å². The first-order valence-corrected chi connectivity index (χ1v) is 13.5. The molecule has 0 aromatic heterocycles. The summed E-state index contributed by atoms with van der Waals surface area (Å²) >= 11 is 0. The van der Waals surface area contributed by atoms with Crippen LogP contribution >= 0.6 is 0 Å². The summed E-state index contributed by atoms with van der Waals surface area (Å²) in [7, 11) is 0. The maximum Gasteiger partial charge on any atom is 0.243 e. The largest absolute Gasteiger partial charge is 0.353 e. The fourth-order valence-corrected chi connectivity index (χ4v) is 3.21. The smallest absolute Gasteiger partial charge is 0.243 e. The van der Waals surface area contributed by atoms with Crippen LogP contribution in [-0.4, -0.2) is 24.9 Å². The van der Waals surface area contributed by atoms with E-state index in [1.807, 2.05) is 38.1 Å². The van der Waals surface area contributed by atoms with Gasteiger partial charge in [0.2, 0.25) is 11.8 Å². The fraction of sp³-hybridized carbons (Fsp3) is 0.333. The third-order valence-electron chi connectivity index (χ3n) is 5.21. The molecule has 0 fully saturated rings. The van der Waals surface area contributed by atoms with Gasteiger partial charge in [0.05, 0.1) is 0 Å². The lowest BCUT2D eigenvalue weighted by Gasteiger charge is -1.97. The van der Waals surface area contributed by atoms with Crippen LogP contribution in [0.25, 0.3) is 0 Å². The Bertz CT molecular complexity index is 960. The number of hydrogen-bond donors (Lipinski definition) is 2. The van der Waals surface area contributed by atoms with Crippen LogP contribution in [0, 0.1) is 0 Å². The number of aryl methyl sites for hydroxylation is 2. The lowest BCUT2D eigenvalue weighted by molar-refractivity contribution is -0.117. The zero-order chi connectivity index (χ0) is 26.8. The van der Waals surface area contributed by atoms with E-state index in [1.54, 1.807) is 24.3 Å². The van der Waals surface area contributed by atoms with E-state index in [-0.39, 0.29) is 11.8 Å². The molecule has 0 bridgehead atoms. The lowest BCUT2D eigenvalue weighted by atomic mass is 10.1. The van der Waals surface area contributed by atoms with Gasteiger partial charge in [0.15, 0.2) is 0 Å². The molecule has 4 nitrogen and oxygen atoms in total. The topological polar surface area (TPSA) is 58.2 Å². The summed E-state index contributed by atoms with van der Waals surface area (Å²) in [5.41, 5.74) is 2.72. The van der Waals surface area contributed by atoms with E-state index in [0.29, 0.717) is 0 Å². The fourth-order valence-electron chi connectivity index (χ4n) is 3.21. The van der Waals surface area contributed by atoms with E-state index < -0.39 is 0 Å². The van der Waals surface area contributed by atoms with Crippen LogP contribution in [0.15, 0.2) is 109 Å². The van der Waals surface area contributed by atoms with Crippen LogP contribution < -0.4 is 10.6 Å². The van der Waals surface area contributed by atoms with Crippen molar-refractivity contribution in [2.75, 3.05) is 13.1 Å². The average Bonchev–Trinajstić information content (AvgIpc) is 2.93. The molecule has 0 saturated heterocycles. The molecular weight excluding hydrogens is 456 g/mol. The molecule has 0 saturated carbocycles. The van der Waals surface area contributed by atoms with Gasteiger partial charge < -0.3 is 10.6 Å². The summed E-state index contributed by atoms with van der Waals surface area (Å²) in [4.78, 5) is 22.5. The molecule has 0 heterocycles. The summed E-state index contributed by atoms with van der Waals surface area (Å²) < 4.78 is 0. The third kappa shape index (κ3) is 19.2. The van der Waals surface area contributed by atoms with Crippen molar-refractivity contribution >= 4 is 11.8 Å². The first kappa shape index (κ1) is 31.4. The average molecular weight is 501 g/mol. The maximum absolute atomic E-state index is 11.2. The first-order chi connectivity index (χ1) is 18.2. The van der Waals surface area contributed by atoms with E-state index in [0.717, 1.165) is 58.0 Å². The van der Waals surface area contributed by atoms with Gasteiger partial charge >= 0.3 is 0 Å². The van der Waals surface area contributed by atoms with E-state index in [9.17, 15) is 9.59 Å². The molecule has 2 N–H and O–H groups in total. The molecule has 0 aliphatic carbocycles. The standard InChI is InChI=1S/C17H23NO.C16H21NO/c1-2-15-18-17(19)14-10-5-3-4-7-11-16-12-8-6-9-13-16;1-2-14-17-16(18)13-9-4-3-6-10-15-11-7-5-8-12-15/h3,5-6,8-10,12-14H,2,4,7,11,15H2,1H3,(H,18,19);3-5,7-9,11-13H,2,6,10,14H2,1H3,(H,17,18)/b5-3+,14-10+;4-3+,13-9+. The van der Waals surface area contributed by atoms with Crippen LogP contribution in [0.5, 0.6) is 0 Å². The van der Waals surface area contributed by atoms with Crippen molar-refractivity contribution in [2.45, 2.75) is 58.8 Å². The molecule has 2 aromatic rings. The van der Waals surface area contributed by atoms with Gasteiger partial charge in [-0.05, 0) is 56.1 Å². The number of carbonyl (C=O) groups excluding carboxylic acids is 2. The quantitative estimate of drug-likeness (QED) is 0.159. The van der Waals surface area contributed by atoms with Crippen LogP contribution in [-0.2, 0) is 22.4 Å². The minimum absolute atomic E-state index is 0.0178. The number of unbranched alkanes of at least 4 members (excludes halogenated alkanes) is 1. The maximum atomic E-state index is 11.2. The molecule has 0 atom stereocenters. The summed E-state index contributed by atoms with van der Waals surface area (Å²) in [5, 5.41) is 5.59. The number of nitrogens with one attached hydrogen (secondary N) is 2. The van der Waals surface area contributed by atoms with Gasteiger partial charge in [-0.1, -0.05) is 111 Å². The Morgan fingerprint density at radius 2 is 1.08 bits per heavy atom. The van der Waals surface area contributed by atoms with Crippen molar-refractivity contribution in [2.24, 2.45) is 0 Å². The molecular formula is C33H44N2O2. The molecule has 0 aliphatic rings. The SMILES string of the molecule is CCCNC(=O)/C=C/C=C/CCCc1ccccc1.CCCNC(=O)/C=C/C=C/CCc1ccccc1. The highest BCUT2D eigenvalue weighted by molar-refractivity contribution is 5.88. The number of rotatable bonds is 15. The second-order valence-corrected chi connectivity index (χ2v) is 8.56. The summed E-state index contributed by atoms with van der Waals surface area (Å²) in [6.45, 7) is 5.55. The summed E-state index contributed by atoms with van der Waals surface area (Å²) in [6.07, 6.45) is 22.0. The van der Waals surface area contributed by atoms with Crippen molar-refractivity contribution in [3.8, 4) is 0 Å². The highest BCUT2D eigenvalue weighted by Crippen LogP contribution is 2.05. The van der Waals surface area contributed by atoms with Crippen LogP contribution in [0.1, 0.15) is 57.1 Å². The van der Waals surface area contributed by atoms with Crippen LogP contribution in [0.4, 0.5) is 0 Å². The zero-order valence-corrected chi connectivity index (χ0v) is 22.6. The second-order valence-electron chi connectivity index (χ2n) is 8.56. The number of hydrogen-bond acceptors (Lipinski definition) is 2. The Balaban J connectivity index is 0.000000371. The normalized spacial score (nSPS) is 11.2. The van der Waals surface area contributed by atoms with Crippen molar-refractivity contribution in [3.63, 3.8) is 0 Å². The van der Waals surface area contributed by atoms with Gasteiger partial charge in [-0.15, -0.1) is 0 Å². The minimum Gasteiger partial charge on any atom is -0.353 e. The molecule has 198 valence electrons. The Labute approximate surface area is 224 Å². The molecule has 4 heteroatoms. The number of amides is 2. The number of benzene rings is 2. The van der Waals surface area contributed by atoms with Gasteiger partial charge in [-0.25, -0.2) is 0 Å². The van der Waals surface area contributed by atoms with Gasteiger partial charge in [0.1, 0.15) is 0 Å². The minimum atomic E-state index is -0.0236. The first-order valence-electron chi connectivity index (χ1n) is 13.5. The molecule has 0 radical (unpaired) electrons. The summed E-state index contributed by atoms with van der Waals surface area (Å²) in [6, 6.07) is 20.9. The monoisotopic (exact) mass is 500 g/mol. The molecule has 2 amide bonds. The molecule has 2 aromatic carbocycles. The van der Waals surface area contributed by atoms with Crippen LogP contribution in [0.3, 0.4) is 0 Å². The summed E-state index contributed by atoms with van der Waals surface area (Å²) in [5.74, 6) is -0.0413. The molecule has 2 rings (SSSR count). The molecule has 0 aliphatic heterocycles. The van der Waals surface area contributed by atoms with Gasteiger partial charge in [0, 0.05) is 25.2 Å². The molecule has 0 unspecified atom stereocenters. The predicted molar refractivity (Wildman–Crippen MR) is 157 cm³/mol. The Morgan fingerprint density at radius 3 is 1.57 bits per heavy atom. The van der Waals surface area contributed by atoms with Gasteiger partial charge in [-0.3, -0.25) is 9.59 Å². The second kappa shape index (κ2) is 22.8. The number of carbonyl (C=O) groups is 2. The third-order valence-corrected chi connectivity index (χ3v) is 5.21. The van der Waals surface area contributed by atoms with Crippen molar-refractivity contribution in [3.05, 3.63) is 120 Å². The van der Waals surface area contributed by atoms with E-state index in [2.05, 4.69) is 71.3 Å².